The van der Waals surface area contributed by atoms with Gasteiger partial charge in [-0.2, -0.15) is 11.3 Å². The van der Waals surface area contributed by atoms with Crippen LogP contribution in [-0.4, -0.2) is 17.8 Å². The van der Waals surface area contributed by atoms with Gasteiger partial charge >= 0.3 is 0 Å². The summed E-state index contributed by atoms with van der Waals surface area (Å²) in [6.45, 7) is 4.95. The van der Waals surface area contributed by atoms with E-state index in [1.165, 1.54) is 0 Å². The van der Waals surface area contributed by atoms with Crippen LogP contribution in [0.25, 0.3) is 0 Å². The maximum Gasteiger partial charge on any atom is 0.0951 e. The van der Waals surface area contributed by atoms with Gasteiger partial charge in [-0.15, -0.1) is 0 Å². The first-order chi connectivity index (χ1) is 7.12. The molecule has 84 valence electrons. The van der Waals surface area contributed by atoms with Crippen molar-refractivity contribution in [3.05, 3.63) is 22.4 Å². The quantitative estimate of drug-likeness (QED) is 0.840. The molecule has 0 bridgehead atoms. The molecule has 1 aliphatic rings. The van der Waals surface area contributed by atoms with Gasteiger partial charge in [0.2, 0.25) is 0 Å². The Balaban J connectivity index is 2.15. The van der Waals surface area contributed by atoms with Gasteiger partial charge in [0.05, 0.1) is 18.3 Å². The molecule has 1 aromatic rings. The van der Waals surface area contributed by atoms with Crippen molar-refractivity contribution in [2.75, 3.05) is 6.61 Å². The van der Waals surface area contributed by atoms with Gasteiger partial charge < -0.3 is 9.84 Å². The first-order valence-electron chi connectivity index (χ1n) is 5.48. The molecule has 2 rings (SSSR count). The number of rotatable bonds is 2. The van der Waals surface area contributed by atoms with Crippen LogP contribution in [0.3, 0.4) is 0 Å². The molecule has 1 aliphatic heterocycles. The highest BCUT2D eigenvalue weighted by atomic mass is 32.1. The van der Waals surface area contributed by atoms with E-state index in [4.69, 9.17) is 4.74 Å². The van der Waals surface area contributed by atoms with Crippen molar-refractivity contribution in [2.24, 2.45) is 5.92 Å². The molecule has 2 heterocycles. The maximum atomic E-state index is 10.6. The number of thiophene rings is 1. The lowest BCUT2D eigenvalue weighted by molar-refractivity contribution is -0.121. The van der Waals surface area contributed by atoms with Crippen LogP contribution in [0, 0.1) is 5.92 Å². The molecule has 0 aliphatic carbocycles. The van der Waals surface area contributed by atoms with E-state index in [1.807, 2.05) is 16.8 Å². The Labute approximate surface area is 94.9 Å². The van der Waals surface area contributed by atoms with Crippen molar-refractivity contribution in [1.29, 1.82) is 0 Å². The van der Waals surface area contributed by atoms with Crippen LogP contribution >= 0.6 is 11.3 Å². The Morgan fingerprint density at radius 1 is 1.60 bits per heavy atom. The predicted octanol–water partition coefficient (Wildman–Crippen LogP) is 2.77. The Kier molecular flexibility index (Phi) is 3.14. The van der Waals surface area contributed by atoms with Crippen LogP contribution in [0.15, 0.2) is 16.8 Å². The third-order valence-electron chi connectivity index (χ3n) is 3.19. The molecule has 2 nitrogen and oxygen atoms in total. The van der Waals surface area contributed by atoms with Gasteiger partial charge in [0.25, 0.3) is 0 Å². The summed E-state index contributed by atoms with van der Waals surface area (Å²) in [6.07, 6.45) is 1.62. The van der Waals surface area contributed by atoms with E-state index in [-0.39, 0.29) is 6.10 Å². The van der Waals surface area contributed by atoms with E-state index in [1.54, 1.807) is 11.3 Å². The van der Waals surface area contributed by atoms with Gasteiger partial charge in [-0.3, -0.25) is 0 Å². The van der Waals surface area contributed by atoms with E-state index in [2.05, 4.69) is 13.8 Å². The second-order valence-electron chi connectivity index (χ2n) is 4.65. The molecular formula is C12H18O2S. The highest BCUT2D eigenvalue weighted by molar-refractivity contribution is 7.08. The summed E-state index contributed by atoms with van der Waals surface area (Å²) in [5.41, 5.74) is 0.397. The van der Waals surface area contributed by atoms with Crippen molar-refractivity contribution in [3.8, 4) is 0 Å². The summed E-state index contributed by atoms with van der Waals surface area (Å²) in [7, 11) is 0. The summed E-state index contributed by atoms with van der Waals surface area (Å²) in [4.78, 5) is 0. The largest absolute Gasteiger partial charge is 0.385 e. The Morgan fingerprint density at radius 3 is 3.00 bits per heavy atom. The van der Waals surface area contributed by atoms with E-state index < -0.39 is 5.60 Å². The average Bonchev–Trinajstić information content (AvgIpc) is 2.71. The molecule has 0 aromatic carbocycles. The van der Waals surface area contributed by atoms with Gasteiger partial charge in [0.1, 0.15) is 0 Å². The fourth-order valence-corrected chi connectivity index (χ4v) is 2.84. The van der Waals surface area contributed by atoms with Gasteiger partial charge in [-0.25, -0.2) is 0 Å². The third kappa shape index (κ3) is 2.25. The molecule has 0 spiro atoms. The first kappa shape index (κ1) is 11.1. The zero-order chi connectivity index (χ0) is 10.9. The fraction of sp³-hybridized carbons (Fsp3) is 0.667. The lowest BCUT2D eigenvalue weighted by Gasteiger charge is -2.38. The molecule has 1 N–H and O–H groups in total. The standard InChI is InChI=1S/C12H18O2S/c1-9(2)11-7-12(13,4-5-14-11)10-3-6-15-8-10/h3,6,8-9,11,13H,4-5,7H2,1-2H3. The van der Waals surface area contributed by atoms with E-state index in [0.29, 0.717) is 18.9 Å². The first-order valence-corrected chi connectivity index (χ1v) is 6.43. The number of aliphatic hydroxyl groups is 1. The van der Waals surface area contributed by atoms with Crippen molar-refractivity contribution in [1.82, 2.24) is 0 Å². The lowest BCUT2D eigenvalue weighted by atomic mass is 9.82. The molecular weight excluding hydrogens is 208 g/mol. The maximum absolute atomic E-state index is 10.6. The summed E-state index contributed by atoms with van der Waals surface area (Å²) >= 11 is 1.64. The number of hydrogen-bond acceptors (Lipinski definition) is 3. The molecule has 1 fully saturated rings. The third-order valence-corrected chi connectivity index (χ3v) is 3.87. The van der Waals surface area contributed by atoms with Gasteiger partial charge in [0, 0.05) is 12.8 Å². The molecule has 2 atom stereocenters. The molecule has 0 saturated carbocycles. The Morgan fingerprint density at radius 2 is 2.40 bits per heavy atom. The minimum Gasteiger partial charge on any atom is -0.385 e. The van der Waals surface area contributed by atoms with E-state index in [9.17, 15) is 5.11 Å². The summed E-state index contributed by atoms with van der Waals surface area (Å²) < 4.78 is 5.68. The van der Waals surface area contributed by atoms with Crippen LogP contribution in [0.1, 0.15) is 32.3 Å². The van der Waals surface area contributed by atoms with Crippen molar-refractivity contribution < 1.29 is 9.84 Å². The normalized spacial score (nSPS) is 32.1. The molecule has 2 unspecified atom stereocenters. The number of ether oxygens (including phenoxy) is 1. The zero-order valence-corrected chi connectivity index (χ0v) is 10.1. The van der Waals surface area contributed by atoms with Crippen molar-refractivity contribution in [2.45, 2.75) is 38.4 Å². The second-order valence-corrected chi connectivity index (χ2v) is 5.43. The summed E-state index contributed by atoms with van der Waals surface area (Å²) in [6, 6.07) is 2.02. The SMILES string of the molecule is CC(C)C1CC(O)(c2ccsc2)CCO1. The van der Waals surface area contributed by atoms with Crippen LogP contribution in [0.5, 0.6) is 0 Å². The Hall–Kier alpha value is -0.380. The minimum atomic E-state index is -0.660. The molecule has 1 saturated heterocycles. The monoisotopic (exact) mass is 226 g/mol. The van der Waals surface area contributed by atoms with Crippen molar-refractivity contribution >= 4 is 11.3 Å². The highest BCUT2D eigenvalue weighted by Crippen LogP contribution is 2.37. The summed E-state index contributed by atoms with van der Waals surface area (Å²) in [5, 5.41) is 14.6. The van der Waals surface area contributed by atoms with Crippen LogP contribution in [0.2, 0.25) is 0 Å². The molecule has 0 amide bonds. The summed E-state index contributed by atoms with van der Waals surface area (Å²) in [5.74, 6) is 0.468. The van der Waals surface area contributed by atoms with Crippen LogP contribution in [-0.2, 0) is 10.3 Å². The molecule has 0 radical (unpaired) electrons. The van der Waals surface area contributed by atoms with Crippen LogP contribution in [0.4, 0.5) is 0 Å². The van der Waals surface area contributed by atoms with Gasteiger partial charge in [-0.05, 0) is 28.3 Å². The predicted molar refractivity (Wildman–Crippen MR) is 62.0 cm³/mol. The van der Waals surface area contributed by atoms with Gasteiger partial charge in [-0.1, -0.05) is 13.8 Å². The van der Waals surface area contributed by atoms with E-state index in [0.717, 1.165) is 12.0 Å². The van der Waals surface area contributed by atoms with Gasteiger partial charge in [0.15, 0.2) is 0 Å². The molecule has 15 heavy (non-hydrogen) atoms. The second kappa shape index (κ2) is 4.24. The topological polar surface area (TPSA) is 29.5 Å². The molecule has 3 heteroatoms. The Bertz CT molecular complexity index is 307. The smallest absolute Gasteiger partial charge is 0.0951 e. The highest BCUT2D eigenvalue weighted by Gasteiger charge is 2.37. The average molecular weight is 226 g/mol. The van der Waals surface area contributed by atoms with Crippen molar-refractivity contribution in [3.63, 3.8) is 0 Å². The lowest BCUT2D eigenvalue weighted by Crippen LogP contribution is -2.40. The fourth-order valence-electron chi connectivity index (χ4n) is 2.09. The minimum absolute atomic E-state index is 0.184. The number of hydrogen-bond donors (Lipinski definition) is 1. The van der Waals surface area contributed by atoms with E-state index >= 15 is 0 Å². The zero-order valence-electron chi connectivity index (χ0n) is 9.27. The molecule has 1 aromatic heterocycles. The van der Waals surface area contributed by atoms with Crippen LogP contribution < -0.4 is 0 Å².